The number of amides is 2. The molecule has 2 aliphatic rings. The Hall–Kier alpha value is -2.65. The normalized spacial score (nSPS) is 21.9. The van der Waals surface area contributed by atoms with E-state index in [1.165, 1.54) is 0 Å². The number of nitrogens with zero attached hydrogens (tertiary/aromatic N) is 6. The van der Waals surface area contributed by atoms with Crippen LogP contribution in [0.15, 0.2) is 24.4 Å². The highest BCUT2D eigenvalue weighted by atomic mass is 32.1. The highest BCUT2D eigenvalue weighted by Crippen LogP contribution is 2.30. The van der Waals surface area contributed by atoms with Gasteiger partial charge in [0.25, 0.3) is 0 Å². The predicted molar refractivity (Wildman–Crippen MR) is 104 cm³/mol. The molecule has 2 fully saturated rings. The highest BCUT2D eigenvalue weighted by Gasteiger charge is 2.43. The van der Waals surface area contributed by atoms with Crippen molar-refractivity contribution in [1.29, 1.82) is 0 Å². The summed E-state index contributed by atoms with van der Waals surface area (Å²) in [5.74, 6) is 0.328. The van der Waals surface area contributed by atoms with Gasteiger partial charge in [0.2, 0.25) is 5.95 Å². The molecule has 2 atom stereocenters. The Morgan fingerprint density at radius 1 is 1.26 bits per heavy atom. The van der Waals surface area contributed by atoms with Crippen LogP contribution in [0.4, 0.5) is 10.7 Å². The Labute approximate surface area is 160 Å². The number of aromatic nitrogens is 4. The van der Waals surface area contributed by atoms with Crippen LogP contribution in [0.5, 0.6) is 0 Å². The molecule has 1 N–H and O–H groups in total. The summed E-state index contributed by atoms with van der Waals surface area (Å²) in [6, 6.07) is 6.54. The quantitative estimate of drug-likeness (QED) is 0.733. The second-order valence-electron chi connectivity index (χ2n) is 7.16. The molecule has 2 amide bonds. The van der Waals surface area contributed by atoms with Crippen LogP contribution in [-0.4, -0.2) is 68.2 Å². The van der Waals surface area contributed by atoms with Gasteiger partial charge in [-0.2, -0.15) is 0 Å². The molecule has 2 aromatic heterocycles. The van der Waals surface area contributed by atoms with Gasteiger partial charge in [0.15, 0.2) is 0 Å². The Balaban J connectivity index is 1.38. The van der Waals surface area contributed by atoms with Gasteiger partial charge in [-0.15, -0.1) is 10.2 Å². The molecule has 0 spiro atoms. The van der Waals surface area contributed by atoms with Gasteiger partial charge in [-0.1, -0.05) is 23.5 Å². The summed E-state index contributed by atoms with van der Waals surface area (Å²) in [6.45, 7) is 3.63. The smallest absolute Gasteiger partial charge is 0.319 e. The Kier molecular flexibility index (Phi) is 3.80. The molecule has 4 heterocycles. The molecule has 2 saturated heterocycles. The monoisotopic (exact) mass is 381 g/mol. The summed E-state index contributed by atoms with van der Waals surface area (Å²) in [5.41, 5.74) is 1.73. The van der Waals surface area contributed by atoms with Crippen molar-refractivity contribution in [1.82, 2.24) is 30.0 Å². The largest absolute Gasteiger partial charge is 0.324 e. The number of carbonyl (C=O) groups is 1. The first-order valence-corrected chi connectivity index (χ1v) is 9.73. The number of likely N-dealkylation sites (tertiary alicyclic amines) is 2. The lowest BCUT2D eigenvalue weighted by Gasteiger charge is -2.31. The van der Waals surface area contributed by atoms with E-state index in [1.807, 2.05) is 30.0 Å². The van der Waals surface area contributed by atoms with Crippen LogP contribution in [0.25, 0.3) is 21.5 Å². The number of fused-ring (bicyclic) bond motifs is 3. The minimum atomic E-state index is -0.120. The minimum Gasteiger partial charge on any atom is -0.319 e. The van der Waals surface area contributed by atoms with Gasteiger partial charge in [0, 0.05) is 42.3 Å². The van der Waals surface area contributed by atoms with Crippen LogP contribution in [0.3, 0.4) is 0 Å². The van der Waals surface area contributed by atoms with Crippen LogP contribution in [0.2, 0.25) is 0 Å². The number of likely N-dealkylation sites (N-methyl/N-ethyl adjacent to an activating group) is 1. The van der Waals surface area contributed by atoms with Crippen molar-refractivity contribution >= 4 is 34.2 Å². The van der Waals surface area contributed by atoms with Crippen molar-refractivity contribution in [3.63, 3.8) is 0 Å². The van der Waals surface area contributed by atoms with Crippen LogP contribution in [-0.2, 0) is 0 Å². The minimum absolute atomic E-state index is 0.120. The van der Waals surface area contributed by atoms with Gasteiger partial charge in [-0.05, 0) is 26.5 Å². The molecule has 2 aliphatic heterocycles. The molecule has 2 bridgehead atoms. The molecular weight excluding hydrogens is 362 g/mol. The molecule has 8 nitrogen and oxygen atoms in total. The standard InChI is InChI=1S/C18H19N7OS/c1-10-22-23-16(27-10)11-3-4-12-7-19-17(20-15(12)5-11)21-18(26)25-9-13-6-14(25)8-24(13)2/h3-5,7,13-14H,6,8-9H2,1-2H3,(H,19,20,21,26)/t13-,14-/m0/s1. The molecule has 138 valence electrons. The van der Waals surface area contributed by atoms with E-state index < -0.39 is 0 Å². The van der Waals surface area contributed by atoms with Crippen LogP contribution in [0, 0.1) is 6.92 Å². The number of hydrogen-bond acceptors (Lipinski definition) is 7. The summed E-state index contributed by atoms with van der Waals surface area (Å²) in [6.07, 6.45) is 2.78. The van der Waals surface area contributed by atoms with E-state index in [0.717, 1.165) is 46.0 Å². The zero-order chi connectivity index (χ0) is 18.5. The van der Waals surface area contributed by atoms with Crippen LogP contribution in [0.1, 0.15) is 11.4 Å². The maximum absolute atomic E-state index is 12.6. The van der Waals surface area contributed by atoms with E-state index in [0.29, 0.717) is 12.0 Å². The Bertz CT molecular complexity index is 1030. The van der Waals surface area contributed by atoms with Crippen molar-refractivity contribution < 1.29 is 4.79 Å². The second-order valence-corrected chi connectivity index (χ2v) is 8.34. The number of nitrogens with one attached hydrogen (secondary N) is 1. The van der Waals surface area contributed by atoms with Gasteiger partial charge in [0.1, 0.15) is 10.0 Å². The second kappa shape index (κ2) is 6.21. The van der Waals surface area contributed by atoms with Gasteiger partial charge in [-0.3, -0.25) is 10.2 Å². The fourth-order valence-electron chi connectivity index (χ4n) is 3.91. The average Bonchev–Trinajstić information content (AvgIpc) is 3.36. The molecule has 5 rings (SSSR count). The van der Waals surface area contributed by atoms with Gasteiger partial charge in [-0.25, -0.2) is 14.8 Å². The fraction of sp³-hybridized carbons (Fsp3) is 0.389. The van der Waals surface area contributed by atoms with E-state index in [9.17, 15) is 4.79 Å². The SMILES string of the molecule is Cc1nnc(-c2ccc3cnc(NC(=O)N4C[C@@H]5C[C@H]4CN5C)nc3c2)s1. The number of rotatable bonds is 2. The van der Waals surface area contributed by atoms with Crippen molar-refractivity contribution in [2.75, 3.05) is 25.5 Å². The maximum Gasteiger partial charge on any atom is 0.324 e. The van der Waals surface area contributed by atoms with Gasteiger partial charge < -0.3 is 4.90 Å². The number of piperazine rings is 1. The van der Waals surface area contributed by atoms with Crippen molar-refractivity contribution in [3.05, 3.63) is 29.4 Å². The molecular formula is C18H19N7OS. The van der Waals surface area contributed by atoms with Crippen LogP contribution < -0.4 is 5.32 Å². The maximum atomic E-state index is 12.6. The number of benzene rings is 1. The molecule has 1 aromatic carbocycles. The Morgan fingerprint density at radius 2 is 2.15 bits per heavy atom. The number of carbonyl (C=O) groups excluding carboxylic acids is 1. The third kappa shape index (κ3) is 2.92. The Morgan fingerprint density at radius 3 is 2.85 bits per heavy atom. The number of hydrogen-bond donors (Lipinski definition) is 1. The first kappa shape index (κ1) is 16.5. The first-order chi connectivity index (χ1) is 13.1. The van der Waals surface area contributed by atoms with Crippen molar-refractivity contribution in [2.24, 2.45) is 0 Å². The number of anilines is 1. The van der Waals surface area contributed by atoms with Gasteiger partial charge >= 0.3 is 6.03 Å². The summed E-state index contributed by atoms with van der Waals surface area (Å²) >= 11 is 1.54. The number of aryl methyl sites for hydroxylation is 1. The third-order valence-corrected chi connectivity index (χ3v) is 6.24. The summed E-state index contributed by atoms with van der Waals surface area (Å²) in [5, 5.41) is 13.8. The predicted octanol–water partition coefficient (Wildman–Crippen LogP) is 2.38. The van der Waals surface area contributed by atoms with E-state index >= 15 is 0 Å². The zero-order valence-corrected chi connectivity index (χ0v) is 15.9. The van der Waals surface area contributed by atoms with E-state index in [2.05, 4.69) is 37.4 Å². The number of urea groups is 1. The lowest BCUT2D eigenvalue weighted by atomic mass is 10.1. The molecule has 0 unspecified atom stereocenters. The molecule has 0 aliphatic carbocycles. The van der Waals surface area contributed by atoms with Crippen LogP contribution >= 0.6 is 11.3 Å². The van der Waals surface area contributed by atoms with Crippen molar-refractivity contribution in [3.8, 4) is 10.6 Å². The summed E-state index contributed by atoms with van der Waals surface area (Å²) < 4.78 is 0. The summed E-state index contributed by atoms with van der Waals surface area (Å²) in [4.78, 5) is 25.7. The average molecular weight is 381 g/mol. The zero-order valence-electron chi connectivity index (χ0n) is 15.1. The lowest BCUT2D eigenvalue weighted by molar-refractivity contribution is 0.161. The van der Waals surface area contributed by atoms with E-state index in [-0.39, 0.29) is 12.1 Å². The van der Waals surface area contributed by atoms with E-state index in [1.54, 1.807) is 17.5 Å². The molecule has 0 radical (unpaired) electrons. The van der Waals surface area contributed by atoms with E-state index in [4.69, 9.17) is 0 Å². The molecule has 27 heavy (non-hydrogen) atoms. The first-order valence-electron chi connectivity index (χ1n) is 8.92. The molecule has 9 heteroatoms. The van der Waals surface area contributed by atoms with Gasteiger partial charge in [0.05, 0.1) is 5.52 Å². The fourth-order valence-corrected chi connectivity index (χ4v) is 4.60. The molecule has 3 aromatic rings. The third-order valence-electron chi connectivity index (χ3n) is 5.35. The van der Waals surface area contributed by atoms with Crippen molar-refractivity contribution in [2.45, 2.75) is 25.4 Å². The topological polar surface area (TPSA) is 87.1 Å². The summed E-state index contributed by atoms with van der Waals surface area (Å²) in [7, 11) is 2.11. The highest BCUT2D eigenvalue weighted by molar-refractivity contribution is 7.14. The molecule has 0 saturated carbocycles. The lowest BCUT2D eigenvalue weighted by Crippen LogP contribution is -2.48.